The first-order valence-corrected chi connectivity index (χ1v) is 11.3. The zero-order valence-electron chi connectivity index (χ0n) is 18.6. The summed E-state index contributed by atoms with van der Waals surface area (Å²) in [6, 6.07) is 16.8. The summed E-state index contributed by atoms with van der Waals surface area (Å²) in [4.78, 5) is 9.18. The second-order valence-electron chi connectivity index (χ2n) is 8.15. The van der Waals surface area contributed by atoms with E-state index in [1.54, 1.807) is 0 Å². The van der Waals surface area contributed by atoms with Gasteiger partial charge in [0.25, 0.3) is 0 Å². The molecule has 1 unspecified atom stereocenters. The van der Waals surface area contributed by atoms with Crippen molar-refractivity contribution in [2.75, 3.05) is 6.61 Å². The third-order valence-corrected chi connectivity index (χ3v) is 5.60. The molecular formula is C27H34N2O. The lowest BCUT2D eigenvalue weighted by atomic mass is 10.0. The molecule has 3 aromatic rings. The molecule has 0 N–H and O–H groups in total. The molecule has 0 amide bonds. The Morgan fingerprint density at radius 1 is 0.767 bits per heavy atom. The van der Waals surface area contributed by atoms with Gasteiger partial charge in [0.05, 0.1) is 6.61 Å². The van der Waals surface area contributed by atoms with Gasteiger partial charge >= 0.3 is 0 Å². The number of aryl methyl sites for hydroxylation is 1. The fourth-order valence-corrected chi connectivity index (χ4v) is 3.30. The van der Waals surface area contributed by atoms with E-state index in [1.807, 2.05) is 24.5 Å². The van der Waals surface area contributed by atoms with Crippen LogP contribution >= 0.6 is 0 Å². The third-order valence-electron chi connectivity index (χ3n) is 5.60. The van der Waals surface area contributed by atoms with Gasteiger partial charge in [-0.2, -0.15) is 0 Å². The van der Waals surface area contributed by atoms with Crippen molar-refractivity contribution in [1.82, 2.24) is 9.97 Å². The molecule has 0 radical (unpaired) electrons. The van der Waals surface area contributed by atoms with Crippen LogP contribution in [0.4, 0.5) is 0 Å². The largest absolute Gasteiger partial charge is 0.493 e. The molecule has 0 spiro atoms. The van der Waals surface area contributed by atoms with E-state index in [0.29, 0.717) is 5.92 Å². The molecule has 3 rings (SSSR count). The highest BCUT2D eigenvalue weighted by Gasteiger charge is 2.05. The maximum absolute atomic E-state index is 5.84. The fraction of sp³-hybridized carbons (Fsp3) is 0.407. The maximum atomic E-state index is 5.84. The van der Waals surface area contributed by atoms with Crippen molar-refractivity contribution in [3.63, 3.8) is 0 Å². The molecule has 3 heteroatoms. The van der Waals surface area contributed by atoms with Gasteiger partial charge in [-0.15, -0.1) is 0 Å². The number of nitrogens with zero attached hydrogens (tertiary/aromatic N) is 2. The van der Waals surface area contributed by atoms with E-state index in [0.717, 1.165) is 47.7 Å². The Hall–Kier alpha value is -2.68. The summed E-state index contributed by atoms with van der Waals surface area (Å²) in [5.41, 5.74) is 4.56. The number of hydrogen-bond donors (Lipinski definition) is 0. The Balaban J connectivity index is 1.59. The van der Waals surface area contributed by atoms with Crippen molar-refractivity contribution < 1.29 is 4.74 Å². The lowest BCUT2D eigenvalue weighted by molar-refractivity contribution is 0.256. The van der Waals surface area contributed by atoms with E-state index in [-0.39, 0.29) is 0 Å². The Morgan fingerprint density at radius 3 is 2.07 bits per heavy atom. The monoisotopic (exact) mass is 402 g/mol. The summed E-state index contributed by atoms with van der Waals surface area (Å²) < 4.78 is 5.84. The van der Waals surface area contributed by atoms with E-state index in [2.05, 4.69) is 67.1 Å². The molecule has 0 saturated carbocycles. The number of benzene rings is 2. The van der Waals surface area contributed by atoms with Crippen LogP contribution < -0.4 is 4.74 Å². The smallest absolute Gasteiger partial charge is 0.159 e. The van der Waals surface area contributed by atoms with Gasteiger partial charge in [-0.05, 0) is 42.0 Å². The molecule has 0 aliphatic rings. The zero-order chi connectivity index (χ0) is 21.2. The molecule has 3 nitrogen and oxygen atoms in total. The summed E-state index contributed by atoms with van der Waals surface area (Å²) >= 11 is 0. The van der Waals surface area contributed by atoms with Crippen LogP contribution in [0.2, 0.25) is 0 Å². The minimum atomic E-state index is 0.570. The molecule has 2 aromatic carbocycles. The van der Waals surface area contributed by atoms with E-state index in [4.69, 9.17) is 4.74 Å². The third kappa shape index (κ3) is 6.41. The summed E-state index contributed by atoms with van der Waals surface area (Å²) in [5.74, 6) is 2.25. The Labute approximate surface area is 181 Å². The van der Waals surface area contributed by atoms with Crippen LogP contribution in [0, 0.1) is 5.92 Å². The minimum absolute atomic E-state index is 0.570. The van der Waals surface area contributed by atoms with Crippen LogP contribution in [0.15, 0.2) is 60.9 Å². The van der Waals surface area contributed by atoms with E-state index in [1.165, 1.54) is 31.2 Å². The van der Waals surface area contributed by atoms with E-state index in [9.17, 15) is 0 Å². The highest BCUT2D eigenvalue weighted by atomic mass is 16.5. The molecule has 1 atom stereocenters. The number of rotatable bonds is 11. The highest BCUT2D eigenvalue weighted by molar-refractivity contribution is 5.64. The van der Waals surface area contributed by atoms with Gasteiger partial charge in [0.2, 0.25) is 0 Å². The van der Waals surface area contributed by atoms with Crippen LogP contribution in [0.1, 0.15) is 58.4 Å². The van der Waals surface area contributed by atoms with Crippen LogP contribution in [0.3, 0.4) is 0 Å². The number of aromatic nitrogens is 2. The lowest BCUT2D eigenvalue weighted by Crippen LogP contribution is -2.06. The molecule has 30 heavy (non-hydrogen) atoms. The van der Waals surface area contributed by atoms with Crippen LogP contribution in [-0.4, -0.2) is 16.6 Å². The SMILES string of the molecule is CCCCCCc1ccc(-c2ncc(-c3ccc(OCC(C)CC)cc3)cn2)cc1. The van der Waals surface area contributed by atoms with E-state index >= 15 is 0 Å². The van der Waals surface area contributed by atoms with Crippen LogP contribution in [0.25, 0.3) is 22.5 Å². The van der Waals surface area contributed by atoms with Crippen molar-refractivity contribution in [3.05, 3.63) is 66.5 Å². The van der Waals surface area contributed by atoms with Gasteiger partial charge in [-0.1, -0.05) is 82.9 Å². The first-order chi connectivity index (χ1) is 14.7. The molecule has 0 bridgehead atoms. The quantitative estimate of drug-likeness (QED) is 0.314. The van der Waals surface area contributed by atoms with Crippen molar-refractivity contribution in [2.24, 2.45) is 5.92 Å². The molecule has 1 heterocycles. The predicted molar refractivity (Wildman–Crippen MR) is 126 cm³/mol. The molecular weight excluding hydrogens is 368 g/mol. The molecule has 0 saturated heterocycles. The highest BCUT2D eigenvalue weighted by Crippen LogP contribution is 2.24. The summed E-state index contributed by atoms with van der Waals surface area (Å²) in [7, 11) is 0. The number of unbranched alkanes of at least 4 members (excludes halogenated alkanes) is 3. The average Bonchev–Trinajstić information content (AvgIpc) is 2.81. The Morgan fingerprint density at radius 2 is 1.43 bits per heavy atom. The number of ether oxygens (including phenoxy) is 1. The van der Waals surface area contributed by atoms with Crippen molar-refractivity contribution in [1.29, 1.82) is 0 Å². The topological polar surface area (TPSA) is 35.0 Å². The average molecular weight is 403 g/mol. The van der Waals surface area contributed by atoms with Crippen LogP contribution in [0.5, 0.6) is 5.75 Å². The first-order valence-electron chi connectivity index (χ1n) is 11.3. The molecule has 1 aromatic heterocycles. The number of hydrogen-bond acceptors (Lipinski definition) is 3. The van der Waals surface area contributed by atoms with Gasteiger partial charge in [0.15, 0.2) is 5.82 Å². The zero-order valence-corrected chi connectivity index (χ0v) is 18.6. The van der Waals surface area contributed by atoms with Gasteiger partial charge in [0.1, 0.15) is 5.75 Å². The van der Waals surface area contributed by atoms with Gasteiger partial charge in [-0.3, -0.25) is 0 Å². The standard InChI is InChI=1S/C27H34N2O/c1-4-6-7-8-9-22-10-12-24(13-11-22)27-28-18-25(19-29-27)23-14-16-26(17-15-23)30-20-21(3)5-2/h10-19,21H,4-9,20H2,1-3H3. The van der Waals surface area contributed by atoms with Gasteiger partial charge in [-0.25, -0.2) is 9.97 Å². The minimum Gasteiger partial charge on any atom is -0.493 e. The molecule has 0 aliphatic heterocycles. The van der Waals surface area contributed by atoms with Crippen molar-refractivity contribution in [2.45, 2.75) is 59.3 Å². The van der Waals surface area contributed by atoms with Crippen molar-refractivity contribution in [3.8, 4) is 28.3 Å². The molecule has 0 aliphatic carbocycles. The second kappa shape index (κ2) is 11.5. The second-order valence-corrected chi connectivity index (χ2v) is 8.15. The van der Waals surface area contributed by atoms with E-state index < -0.39 is 0 Å². The van der Waals surface area contributed by atoms with Crippen molar-refractivity contribution >= 4 is 0 Å². The van der Waals surface area contributed by atoms with Gasteiger partial charge < -0.3 is 4.74 Å². The predicted octanol–water partition coefficient (Wildman–Crippen LogP) is 7.36. The van der Waals surface area contributed by atoms with Crippen LogP contribution in [-0.2, 0) is 6.42 Å². The summed E-state index contributed by atoms with van der Waals surface area (Å²) in [5, 5.41) is 0. The summed E-state index contributed by atoms with van der Waals surface area (Å²) in [6.45, 7) is 7.39. The summed E-state index contributed by atoms with van der Waals surface area (Å²) in [6.07, 6.45) is 11.3. The Kier molecular flexibility index (Phi) is 8.43. The molecule has 158 valence electrons. The lowest BCUT2D eigenvalue weighted by Gasteiger charge is -2.11. The fourth-order valence-electron chi connectivity index (χ4n) is 3.30. The normalized spacial score (nSPS) is 12.0. The Bertz CT molecular complexity index is 870. The van der Waals surface area contributed by atoms with Gasteiger partial charge in [0, 0.05) is 23.5 Å². The first kappa shape index (κ1) is 22.0. The maximum Gasteiger partial charge on any atom is 0.159 e. The molecule has 0 fully saturated rings.